The summed E-state index contributed by atoms with van der Waals surface area (Å²) in [6, 6.07) is 6.00. The third-order valence-corrected chi connectivity index (χ3v) is 3.86. The van der Waals surface area contributed by atoms with Gasteiger partial charge in [0.1, 0.15) is 0 Å². The molecule has 5 nitrogen and oxygen atoms in total. The van der Waals surface area contributed by atoms with Gasteiger partial charge in [-0.2, -0.15) is 10.1 Å². The van der Waals surface area contributed by atoms with Gasteiger partial charge in [0, 0.05) is 17.7 Å². The van der Waals surface area contributed by atoms with Gasteiger partial charge in [0.2, 0.25) is 5.28 Å². The molecule has 3 aromatic rings. The molecule has 0 aliphatic heterocycles. The number of anilines is 2. The lowest BCUT2D eigenvalue weighted by Crippen LogP contribution is -1.97. The summed E-state index contributed by atoms with van der Waals surface area (Å²) in [6.45, 7) is 2.03. The number of aromatic nitrogens is 4. The zero-order valence-electron chi connectivity index (χ0n) is 10.9. The van der Waals surface area contributed by atoms with Gasteiger partial charge in [0.25, 0.3) is 0 Å². The number of hydrogen-bond acceptors (Lipinski definition) is 4. The largest absolute Gasteiger partial charge is 0.337 e. The zero-order valence-corrected chi connectivity index (χ0v) is 13.2. The second kappa shape index (κ2) is 5.03. The van der Waals surface area contributed by atoms with Crippen molar-refractivity contribution in [2.24, 2.45) is 7.05 Å². The monoisotopic (exact) mass is 351 g/mol. The Morgan fingerprint density at radius 2 is 2.15 bits per heavy atom. The molecule has 0 saturated heterocycles. The van der Waals surface area contributed by atoms with Crippen LogP contribution in [0, 0.1) is 6.92 Å². The van der Waals surface area contributed by atoms with Gasteiger partial charge in [0.15, 0.2) is 11.5 Å². The first-order valence-electron chi connectivity index (χ1n) is 5.93. The number of benzene rings is 1. The summed E-state index contributed by atoms with van der Waals surface area (Å²) in [5.41, 5.74) is 2.78. The van der Waals surface area contributed by atoms with Crippen LogP contribution in [-0.4, -0.2) is 19.7 Å². The van der Waals surface area contributed by atoms with E-state index in [1.807, 2.05) is 32.2 Å². The third kappa shape index (κ3) is 2.25. The first-order chi connectivity index (χ1) is 9.56. The summed E-state index contributed by atoms with van der Waals surface area (Å²) >= 11 is 9.36. The Morgan fingerprint density at radius 1 is 1.35 bits per heavy atom. The van der Waals surface area contributed by atoms with E-state index < -0.39 is 0 Å². The topological polar surface area (TPSA) is 55.6 Å². The number of halogens is 2. The average molecular weight is 353 g/mol. The minimum Gasteiger partial charge on any atom is -0.337 e. The van der Waals surface area contributed by atoms with Crippen LogP contribution in [0.15, 0.2) is 28.9 Å². The minimum absolute atomic E-state index is 0.212. The molecule has 20 heavy (non-hydrogen) atoms. The molecule has 1 aromatic carbocycles. The summed E-state index contributed by atoms with van der Waals surface area (Å²) in [5, 5.41) is 8.79. The molecule has 0 bridgehead atoms. The van der Waals surface area contributed by atoms with Crippen molar-refractivity contribution in [2.45, 2.75) is 6.92 Å². The van der Waals surface area contributed by atoms with Gasteiger partial charge in [-0.05, 0) is 46.1 Å². The van der Waals surface area contributed by atoms with E-state index in [2.05, 4.69) is 36.3 Å². The Hall–Kier alpha value is -1.66. The third-order valence-electron chi connectivity index (χ3n) is 3.02. The molecule has 0 amide bonds. The highest BCUT2D eigenvalue weighted by Gasteiger charge is 2.13. The lowest BCUT2D eigenvalue weighted by atomic mass is 10.2. The fourth-order valence-electron chi connectivity index (χ4n) is 2.02. The molecule has 0 radical (unpaired) electrons. The lowest BCUT2D eigenvalue weighted by molar-refractivity contribution is 0.789. The van der Waals surface area contributed by atoms with E-state index in [0.29, 0.717) is 11.5 Å². The molecule has 0 saturated carbocycles. The lowest BCUT2D eigenvalue weighted by Gasteiger charge is -2.09. The molecule has 0 aliphatic carbocycles. The first-order valence-corrected chi connectivity index (χ1v) is 7.11. The Morgan fingerprint density at radius 3 is 2.90 bits per heavy atom. The van der Waals surface area contributed by atoms with Gasteiger partial charge in [-0.25, -0.2) is 9.67 Å². The van der Waals surface area contributed by atoms with Crippen molar-refractivity contribution >= 4 is 50.1 Å². The van der Waals surface area contributed by atoms with Crippen LogP contribution in [0.1, 0.15) is 5.56 Å². The highest BCUT2D eigenvalue weighted by molar-refractivity contribution is 9.10. The van der Waals surface area contributed by atoms with Crippen LogP contribution in [0.3, 0.4) is 0 Å². The first kappa shape index (κ1) is 13.3. The zero-order chi connectivity index (χ0) is 14.3. The van der Waals surface area contributed by atoms with Crippen LogP contribution >= 0.6 is 27.5 Å². The molecular formula is C13H11BrClN5. The fraction of sp³-hybridized carbons (Fsp3) is 0.154. The van der Waals surface area contributed by atoms with Crippen LogP contribution in [0.2, 0.25) is 5.28 Å². The van der Waals surface area contributed by atoms with Gasteiger partial charge in [-0.1, -0.05) is 12.1 Å². The van der Waals surface area contributed by atoms with Gasteiger partial charge in [-0.3, -0.25) is 0 Å². The fourth-order valence-corrected chi connectivity index (χ4v) is 2.71. The van der Waals surface area contributed by atoms with Crippen molar-refractivity contribution in [1.29, 1.82) is 0 Å². The SMILES string of the molecule is Cc1cccc(Br)c1Nc1nn(C)c2nc(Cl)ncc12. The van der Waals surface area contributed by atoms with E-state index in [1.54, 1.807) is 10.9 Å². The van der Waals surface area contributed by atoms with Crippen molar-refractivity contribution in [3.05, 3.63) is 39.7 Å². The summed E-state index contributed by atoms with van der Waals surface area (Å²) in [6.07, 6.45) is 1.67. The standard InChI is InChI=1S/C13H11BrClN5/c1-7-4-3-5-9(14)10(7)17-11-8-6-16-13(15)18-12(8)20(2)19-11/h3-6H,1-2H3,(H,17,19). The van der Waals surface area contributed by atoms with E-state index in [-0.39, 0.29) is 5.28 Å². The quantitative estimate of drug-likeness (QED) is 0.712. The molecule has 1 N–H and O–H groups in total. The molecule has 0 unspecified atom stereocenters. The minimum atomic E-state index is 0.212. The predicted octanol–water partition coefficient (Wildman–Crippen LogP) is 3.83. The van der Waals surface area contributed by atoms with Gasteiger partial charge >= 0.3 is 0 Å². The maximum absolute atomic E-state index is 5.82. The number of nitrogens with zero attached hydrogens (tertiary/aromatic N) is 4. The molecule has 2 heterocycles. The molecule has 0 fully saturated rings. The molecule has 2 aromatic heterocycles. The number of hydrogen-bond donors (Lipinski definition) is 1. The van der Waals surface area contributed by atoms with E-state index >= 15 is 0 Å². The van der Waals surface area contributed by atoms with Crippen LogP contribution in [0.4, 0.5) is 11.5 Å². The predicted molar refractivity (Wildman–Crippen MR) is 83.5 cm³/mol. The Kier molecular flexibility index (Phi) is 3.35. The normalized spacial score (nSPS) is 11.0. The van der Waals surface area contributed by atoms with Crippen LogP contribution in [-0.2, 0) is 7.05 Å². The van der Waals surface area contributed by atoms with Crippen molar-refractivity contribution in [1.82, 2.24) is 19.7 Å². The van der Waals surface area contributed by atoms with Gasteiger partial charge < -0.3 is 5.32 Å². The number of nitrogens with one attached hydrogen (secondary N) is 1. The second-order valence-corrected chi connectivity index (χ2v) is 5.60. The number of rotatable bonds is 2. The van der Waals surface area contributed by atoms with Crippen LogP contribution in [0.25, 0.3) is 11.0 Å². The highest BCUT2D eigenvalue weighted by Crippen LogP contribution is 2.31. The molecular weight excluding hydrogens is 342 g/mol. The summed E-state index contributed by atoms with van der Waals surface area (Å²) in [7, 11) is 1.82. The summed E-state index contributed by atoms with van der Waals surface area (Å²) < 4.78 is 2.66. The smallest absolute Gasteiger partial charge is 0.224 e. The number of aryl methyl sites for hydroxylation is 2. The number of para-hydroxylation sites is 1. The van der Waals surface area contributed by atoms with Crippen molar-refractivity contribution in [3.8, 4) is 0 Å². The average Bonchev–Trinajstić information content (AvgIpc) is 2.70. The second-order valence-electron chi connectivity index (χ2n) is 4.41. The van der Waals surface area contributed by atoms with Crippen LogP contribution < -0.4 is 5.32 Å². The maximum atomic E-state index is 5.82. The Balaban J connectivity index is 2.12. The Bertz CT molecular complexity index is 779. The van der Waals surface area contributed by atoms with E-state index in [4.69, 9.17) is 11.6 Å². The molecule has 3 rings (SSSR count). The highest BCUT2D eigenvalue weighted by atomic mass is 79.9. The van der Waals surface area contributed by atoms with E-state index in [1.165, 1.54) is 0 Å². The molecule has 0 atom stereocenters. The van der Waals surface area contributed by atoms with Crippen molar-refractivity contribution in [2.75, 3.05) is 5.32 Å². The number of fused-ring (bicyclic) bond motifs is 1. The summed E-state index contributed by atoms with van der Waals surface area (Å²) in [5.74, 6) is 0.703. The van der Waals surface area contributed by atoms with Gasteiger partial charge in [0.05, 0.1) is 11.1 Å². The van der Waals surface area contributed by atoms with Crippen molar-refractivity contribution in [3.63, 3.8) is 0 Å². The Labute approximate surface area is 129 Å². The molecule has 0 aliphatic rings. The summed E-state index contributed by atoms with van der Waals surface area (Å²) in [4.78, 5) is 8.20. The van der Waals surface area contributed by atoms with E-state index in [0.717, 1.165) is 21.1 Å². The molecule has 7 heteroatoms. The molecule has 102 valence electrons. The van der Waals surface area contributed by atoms with E-state index in [9.17, 15) is 0 Å². The maximum Gasteiger partial charge on any atom is 0.224 e. The van der Waals surface area contributed by atoms with Gasteiger partial charge in [-0.15, -0.1) is 0 Å². The van der Waals surface area contributed by atoms with Crippen molar-refractivity contribution < 1.29 is 0 Å². The molecule has 0 spiro atoms. The van der Waals surface area contributed by atoms with Crippen LogP contribution in [0.5, 0.6) is 0 Å².